The summed E-state index contributed by atoms with van der Waals surface area (Å²) in [6, 6.07) is 12.8. The fourth-order valence-electron chi connectivity index (χ4n) is 5.09. The minimum absolute atomic E-state index is 0.109. The topological polar surface area (TPSA) is 61.8 Å². The lowest BCUT2D eigenvalue weighted by Gasteiger charge is -2.45. The molecule has 0 aromatic heterocycles. The molecule has 5 atom stereocenters. The van der Waals surface area contributed by atoms with E-state index in [2.05, 4.69) is 80.0 Å². The molecular weight excluding hydrogens is 508 g/mol. The molecule has 6 heteroatoms. The number of hydrogen-bond acceptors (Lipinski definition) is 5. The van der Waals surface area contributed by atoms with Gasteiger partial charge in [0.1, 0.15) is 12.2 Å². The van der Waals surface area contributed by atoms with Crippen molar-refractivity contribution in [2.75, 3.05) is 0 Å². The predicted octanol–water partition coefficient (Wildman–Crippen LogP) is 6.82. The van der Waals surface area contributed by atoms with Gasteiger partial charge in [-0.05, 0) is 65.6 Å². The number of carbonyl (C=O) groups excluding carboxylic acids is 2. The average molecular weight is 546 g/mol. The maximum absolute atomic E-state index is 12.1. The summed E-state index contributed by atoms with van der Waals surface area (Å²) in [7, 11) is 0. The Hall–Kier alpha value is -2.18. The highest BCUT2D eigenvalue weighted by Crippen LogP contribution is 2.42. The van der Waals surface area contributed by atoms with Crippen LogP contribution in [-0.4, -0.2) is 30.3 Å². The Morgan fingerprint density at radius 3 is 2.17 bits per heavy atom. The van der Waals surface area contributed by atoms with Gasteiger partial charge < -0.3 is 14.2 Å². The van der Waals surface area contributed by atoms with Crippen LogP contribution in [0.2, 0.25) is 0 Å². The first kappa shape index (κ1) is 27.4. The summed E-state index contributed by atoms with van der Waals surface area (Å²) in [6.07, 6.45) is -0.432. The van der Waals surface area contributed by atoms with E-state index in [1.54, 1.807) is 0 Å². The number of aryl methyl sites for hydroxylation is 1. The zero-order valence-corrected chi connectivity index (χ0v) is 23.3. The van der Waals surface area contributed by atoms with Crippen LogP contribution in [-0.2, 0) is 30.2 Å². The summed E-state index contributed by atoms with van der Waals surface area (Å²) in [5.74, 6) is -0.573. The van der Waals surface area contributed by atoms with Crippen molar-refractivity contribution in [3.63, 3.8) is 0 Å². The lowest BCUT2D eigenvalue weighted by molar-refractivity contribution is -0.225. The van der Waals surface area contributed by atoms with Gasteiger partial charge in [-0.1, -0.05) is 67.9 Å². The van der Waals surface area contributed by atoms with Crippen LogP contribution in [0.25, 0.3) is 0 Å². The van der Waals surface area contributed by atoms with E-state index in [0.717, 1.165) is 28.4 Å². The smallest absolute Gasteiger partial charge is 0.303 e. The molecule has 0 bridgehead atoms. The lowest BCUT2D eigenvalue weighted by atomic mass is 9.81. The number of carbonyl (C=O) groups is 2. The normalized spacial score (nSPS) is 24.3. The zero-order valence-electron chi connectivity index (χ0n) is 21.8. The number of hydrogen-bond donors (Lipinski definition) is 0. The Kier molecular flexibility index (Phi) is 9.16. The second kappa shape index (κ2) is 11.7. The summed E-state index contributed by atoms with van der Waals surface area (Å²) < 4.78 is 19.2. The first-order valence-electron chi connectivity index (χ1n) is 12.4. The highest BCUT2D eigenvalue weighted by molar-refractivity contribution is 9.10. The third-order valence-corrected chi connectivity index (χ3v) is 7.35. The van der Waals surface area contributed by atoms with E-state index in [-0.39, 0.29) is 12.0 Å². The molecule has 1 heterocycles. The Morgan fingerprint density at radius 2 is 1.63 bits per heavy atom. The van der Waals surface area contributed by atoms with E-state index in [9.17, 15) is 9.59 Å². The van der Waals surface area contributed by atoms with Gasteiger partial charge in [-0.25, -0.2) is 0 Å². The highest BCUT2D eigenvalue weighted by atomic mass is 79.9. The molecule has 0 N–H and O–H groups in total. The first-order chi connectivity index (χ1) is 16.5. The molecular formula is C29H37BrO5. The molecule has 2 aromatic carbocycles. The van der Waals surface area contributed by atoms with Gasteiger partial charge in [0.15, 0.2) is 6.10 Å². The van der Waals surface area contributed by atoms with E-state index < -0.39 is 30.3 Å². The van der Waals surface area contributed by atoms with Crippen LogP contribution in [0.15, 0.2) is 40.9 Å². The molecule has 2 aromatic rings. The van der Waals surface area contributed by atoms with Crippen LogP contribution >= 0.6 is 15.9 Å². The van der Waals surface area contributed by atoms with Crippen LogP contribution < -0.4 is 0 Å². The zero-order chi connectivity index (χ0) is 25.9. The molecule has 0 aliphatic carbocycles. The van der Waals surface area contributed by atoms with E-state index in [1.165, 1.54) is 30.5 Å². The number of rotatable bonds is 7. The number of benzene rings is 2. The monoisotopic (exact) mass is 544 g/mol. The van der Waals surface area contributed by atoms with E-state index in [0.29, 0.717) is 5.92 Å². The van der Waals surface area contributed by atoms with Crippen LogP contribution in [0.1, 0.15) is 87.8 Å². The third kappa shape index (κ3) is 6.53. The van der Waals surface area contributed by atoms with E-state index in [1.807, 2.05) is 6.92 Å². The highest BCUT2D eigenvalue weighted by Gasteiger charge is 2.48. The summed E-state index contributed by atoms with van der Waals surface area (Å²) in [6.45, 7) is 13.3. The molecule has 5 nitrogen and oxygen atoms in total. The molecule has 0 radical (unpaired) electrons. The standard InChI is InChI=1S/C29H37BrO5/c1-8-26-18(5)27(33-19(6)31)29(34-20(7)32)28(35-26)25-15-22(24(16(2)3)13-17(25)4)14-21-9-11-23(30)12-10-21/h9-13,15-16,18,26-29H,8,14H2,1-7H3/t18-,26-,27+,28+,29-/m1/s1. The largest absolute Gasteiger partial charge is 0.458 e. The maximum atomic E-state index is 12.1. The fourth-order valence-corrected chi connectivity index (χ4v) is 5.36. The van der Waals surface area contributed by atoms with Crippen molar-refractivity contribution in [2.45, 2.75) is 91.6 Å². The van der Waals surface area contributed by atoms with Crippen molar-refractivity contribution in [1.82, 2.24) is 0 Å². The van der Waals surface area contributed by atoms with Crippen molar-refractivity contribution in [2.24, 2.45) is 5.92 Å². The average Bonchev–Trinajstić information content (AvgIpc) is 2.78. The minimum atomic E-state index is -0.724. The molecule has 0 spiro atoms. The second-order valence-corrected chi connectivity index (χ2v) is 10.8. The summed E-state index contributed by atoms with van der Waals surface area (Å²) in [4.78, 5) is 24.1. The van der Waals surface area contributed by atoms with Gasteiger partial charge in [-0.15, -0.1) is 0 Å². The van der Waals surface area contributed by atoms with Gasteiger partial charge in [-0.2, -0.15) is 0 Å². The number of halogens is 1. The molecule has 35 heavy (non-hydrogen) atoms. The van der Waals surface area contributed by atoms with Crippen molar-refractivity contribution < 1.29 is 23.8 Å². The van der Waals surface area contributed by atoms with Crippen molar-refractivity contribution in [3.8, 4) is 0 Å². The van der Waals surface area contributed by atoms with Gasteiger partial charge in [-0.3, -0.25) is 9.59 Å². The first-order valence-corrected chi connectivity index (χ1v) is 13.2. The van der Waals surface area contributed by atoms with E-state index >= 15 is 0 Å². The van der Waals surface area contributed by atoms with Gasteiger partial charge in [0.05, 0.1) is 6.10 Å². The van der Waals surface area contributed by atoms with Gasteiger partial charge in [0.25, 0.3) is 0 Å². The van der Waals surface area contributed by atoms with Gasteiger partial charge in [0.2, 0.25) is 0 Å². The molecule has 190 valence electrons. The van der Waals surface area contributed by atoms with Gasteiger partial charge >= 0.3 is 11.9 Å². The predicted molar refractivity (Wildman–Crippen MR) is 140 cm³/mol. The summed E-state index contributed by atoms with van der Waals surface area (Å²) >= 11 is 3.51. The van der Waals surface area contributed by atoms with Crippen LogP contribution in [0.3, 0.4) is 0 Å². The summed E-state index contributed by atoms with van der Waals surface area (Å²) in [5, 5.41) is 0. The lowest BCUT2D eigenvalue weighted by Crippen LogP contribution is -2.53. The number of esters is 2. The van der Waals surface area contributed by atoms with Crippen LogP contribution in [0.4, 0.5) is 0 Å². The number of ether oxygens (including phenoxy) is 3. The van der Waals surface area contributed by atoms with Crippen LogP contribution in [0, 0.1) is 12.8 Å². The van der Waals surface area contributed by atoms with E-state index in [4.69, 9.17) is 14.2 Å². The van der Waals surface area contributed by atoms with Gasteiger partial charge in [0, 0.05) is 24.2 Å². The Balaban J connectivity index is 2.11. The van der Waals surface area contributed by atoms with Crippen LogP contribution in [0.5, 0.6) is 0 Å². The molecule has 3 rings (SSSR count). The Morgan fingerprint density at radius 1 is 1.03 bits per heavy atom. The molecule has 1 fully saturated rings. The van der Waals surface area contributed by atoms with Crippen molar-refractivity contribution in [3.05, 3.63) is 68.7 Å². The minimum Gasteiger partial charge on any atom is -0.458 e. The third-order valence-electron chi connectivity index (χ3n) is 6.82. The molecule has 1 saturated heterocycles. The molecule has 0 unspecified atom stereocenters. The SMILES string of the molecule is CC[C@H]1O[C@@H](c2cc(Cc3ccc(Br)cc3)c(C(C)C)cc2C)[C@H](OC(C)=O)[C@@H](OC(C)=O)[C@@H]1C. The summed E-state index contributed by atoms with van der Waals surface area (Å²) in [5.41, 5.74) is 5.75. The molecule has 0 amide bonds. The molecule has 0 saturated carbocycles. The maximum Gasteiger partial charge on any atom is 0.303 e. The van der Waals surface area contributed by atoms with Crippen molar-refractivity contribution >= 4 is 27.9 Å². The Labute approximate surface area is 217 Å². The Bertz CT molecular complexity index is 1050. The fraction of sp³-hybridized carbons (Fsp3) is 0.517. The quantitative estimate of drug-likeness (QED) is 0.358. The molecule has 1 aliphatic heterocycles. The molecule has 1 aliphatic rings. The second-order valence-electron chi connectivity index (χ2n) is 9.88. The van der Waals surface area contributed by atoms with Crippen molar-refractivity contribution in [1.29, 1.82) is 0 Å².